The van der Waals surface area contributed by atoms with E-state index < -0.39 is 0 Å². The zero-order chi connectivity index (χ0) is 8.10. The van der Waals surface area contributed by atoms with E-state index in [-0.39, 0.29) is 0 Å². The van der Waals surface area contributed by atoms with E-state index in [2.05, 4.69) is 26.0 Å². The minimum atomic E-state index is 0.690. The first kappa shape index (κ1) is 8.83. The fourth-order valence-corrected chi connectivity index (χ4v) is 1.81. The molecule has 0 N–H and O–H groups in total. The molecular weight excluding hydrogens is 132 g/mol. The average molecular weight is 151 g/mol. The van der Waals surface area contributed by atoms with Gasteiger partial charge in [-0.15, -0.1) is 0 Å². The molecule has 0 aromatic carbocycles. The highest BCUT2D eigenvalue weighted by Crippen LogP contribution is 2.27. The third-order valence-corrected chi connectivity index (χ3v) is 2.77. The van der Waals surface area contributed by atoms with Crippen molar-refractivity contribution in [1.82, 2.24) is 0 Å². The standard InChI is InChI=1S/C11H19/c1-3-10(2)11-8-6-4-5-7-9-11/h4-5,10-11H,2-3,6-9H2,1H3. The molecule has 1 unspecified atom stereocenters. The van der Waals surface area contributed by atoms with Gasteiger partial charge in [0.2, 0.25) is 0 Å². The highest BCUT2D eigenvalue weighted by molar-refractivity contribution is 4.88. The van der Waals surface area contributed by atoms with E-state index in [1.54, 1.807) is 0 Å². The summed E-state index contributed by atoms with van der Waals surface area (Å²) >= 11 is 0. The molecule has 11 heavy (non-hydrogen) atoms. The molecule has 0 spiro atoms. The van der Waals surface area contributed by atoms with Crippen LogP contribution in [0, 0.1) is 18.8 Å². The van der Waals surface area contributed by atoms with Gasteiger partial charge in [0.25, 0.3) is 0 Å². The van der Waals surface area contributed by atoms with Crippen LogP contribution in [0.1, 0.15) is 39.0 Å². The first-order chi connectivity index (χ1) is 5.34. The predicted molar refractivity (Wildman–Crippen MR) is 50.2 cm³/mol. The Morgan fingerprint density at radius 1 is 1.36 bits per heavy atom. The Labute approximate surface area is 70.7 Å². The van der Waals surface area contributed by atoms with Crippen molar-refractivity contribution in [3.8, 4) is 0 Å². The minimum Gasteiger partial charge on any atom is -0.0885 e. The first-order valence-corrected chi connectivity index (χ1v) is 4.82. The first-order valence-electron chi connectivity index (χ1n) is 4.82. The quantitative estimate of drug-likeness (QED) is 0.529. The maximum absolute atomic E-state index is 4.19. The Kier molecular flexibility index (Phi) is 3.68. The smallest absolute Gasteiger partial charge is 0.0348 e. The van der Waals surface area contributed by atoms with E-state index >= 15 is 0 Å². The Morgan fingerprint density at radius 2 is 1.91 bits per heavy atom. The Balaban J connectivity index is 2.34. The fourth-order valence-electron chi connectivity index (χ4n) is 1.81. The van der Waals surface area contributed by atoms with Crippen molar-refractivity contribution in [3.05, 3.63) is 19.1 Å². The van der Waals surface area contributed by atoms with Crippen LogP contribution in [0.3, 0.4) is 0 Å². The van der Waals surface area contributed by atoms with E-state index in [4.69, 9.17) is 0 Å². The lowest BCUT2D eigenvalue weighted by atomic mass is 9.86. The van der Waals surface area contributed by atoms with Gasteiger partial charge in [0.1, 0.15) is 0 Å². The van der Waals surface area contributed by atoms with E-state index in [1.165, 1.54) is 32.1 Å². The summed E-state index contributed by atoms with van der Waals surface area (Å²) in [4.78, 5) is 0. The van der Waals surface area contributed by atoms with E-state index in [9.17, 15) is 0 Å². The molecule has 1 aliphatic carbocycles. The Hall–Kier alpha value is -0.260. The largest absolute Gasteiger partial charge is 0.0885 e. The number of hydrogen-bond donors (Lipinski definition) is 0. The molecule has 0 aromatic rings. The summed E-state index contributed by atoms with van der Waals surface area (Å²) in [7, 11) is 0. The molecule has 0 aromatic heterocycles. The van der Waals surface area contributed by atoms with Crippen molar-refractivity contribution in [3.63, 3.8) is 0 Å². The van der Waals surface area contributed by atoms with Gasteiger partial charge in [-0.3, -0.25) is 0 Å². The maximum atomic E-state index is 4.19. The lowest BCUT2D eigenvalue weighted by molar-refractivity contribution is 0.344. The van der Waals surface area contributed by atoms with Gasteiger partial charge in [-0.25, -0.2) is 0 Å². The van der Waals surface area contributed by atoms with Crippen molar-refractivity contribution in [1.29, 1.82) is 0 Å². The number of rotatable bonds is 2. The van der Waals surface area contributed by atoms with Gasteiger partial charge < -0.3 is 0 Å². The van der Waals surface area contributed by atoms with Gasteiger partial charge in [-0.05, 0) is 44.4 Å². The zero-order valence-corrected chi connectivity index (χ0v) is 7.55. The molecule has 0 aliphatic heterocycles. The van der Waals surface area contributed by atoms with Gasteiger partial charge in [0.05, 0.1) is 0 Å². The second-order valence-corrected chi connectivity index (χ2v) is 3.55. The van der Waals surface area contributed by atoms with Crippen LogP contribution < -0.4 is 0 Å². The third-order valence-electron chi connectivity index (χ3n) is 2.77. The number of allylic oxidation sites excluding steroid dienone is 2. The van der Waals surface area contributed by atoms with E-state index in [1.807, 2.05) is 0 Å². The fraction of sp³-hybridized carbons (Fsp3) is 0.727. The second-order valence-electron chi connectivity index (χ2n) is 3.55. The molecule has 0 heterocycles. The summed E-state index contributed by atoms with van der Waals surface area (Å²) < 4.78 is 0. The molecule has 1 atom stereocenters. The lowest BCUT2D eigenvalue weighted by Crippen LogP contribution is -2.09. The molecule has 0 saturated carbocycles. The van der Waals surface area contributed by atoms with E-state index in [0.717, 1.165) is 5.92 Å². The van der Waals surface area contributed by atoms with Crippen LogP contribution in [0.4, 0.5) is 0 Å². The summed E-state index contributed by atoms with van der Waals surface area (Å²) in [6.45, 7) is 6.44. The zero-order valence-electron chi connectivity index (χ0n) is 7.55. The molecule has 1 aliphatic rings. The molecule has 0 saturated heterocycles. The highest BCUT2D eigenvalue weighted by atomic mass is 14.2. The van der Waals surface area contributed by atoms with Crippen LogP contribution in [-0.4, -0.2) is 0 Å². The van der Waals surface area contributed by atoms with Crippen LogP contribution in [0.5, 0.6) is 0 Å². The van der Waals surface area contributed by atoms with Crippen molar-refractivity contribution in [2.45, 2.75) is 39.0 Å². The Morgan fingerprint density at radius 3 is 2.36 bits per heavy atom. The topological polar surface area (TPSA) is 0 Å². The normalized spacial score (nSPS) is 23.1. The summed E-state index contributed by atoms with van der Waals surface area (Å²) in [5.41, 5.74) is 0. The molecule has 63 valence electrons. The van der Waals surface area contributed by atoms with Crippen LogP contribution in [0.2, 0.25) is 0 Å². The highest BCUT2D eigenvalue weighted by Gasteiger charge is 2.15. The Bertz CT molecular complexity index is 114. The monoisotopic (exact) mass is 151 g/mol. The van der Waals surface area contributed by atoms with Crippen molar-refractivity contribution < 1.29 is 0 Å². The summed E-state index contributed by atoms with van der Waals surface area (Å²) in [5.74, 6) is 1.57. The molecule has 0 amide bonds. The summed E-state index contributed by atoms with van der Waals surface area (Å²) in [6.07, 6.45) is 11.2. The second kappa shape index (κ2) is 4.58. The third kappa shape index (κ3) is 2.69. The molecule has 1 rings (SSSR count). The van der Waals surface area contributed by atoms with Crippen LogP contribution >= 0.6 is 0 Å². The van der Waals surface area contributed by atoms with Gasteiger partial charge in [-0.1, -0.05) is 25.5 Å². The van der Waals surface area contributed by atoms with Crippen molar-refractivity contribution >= 4 is 0 Å². The van der Waals surface area contributed by atoms with Crippen LogP contribution in [0.25, 0.3) is 0 Å². The SMILES string of the molecule is [CH2]C(CC)C1CCC=CCC1. The van der Waals surface area contributed by atoms with Crippen molar-refractivity contribution in [2.75, 3.05) is 0 Å². The lowest BCUT2D eigenvalue weighted by Gasteiger charge is -2.20. The van der Waals surface area contributed by atoms with Crippen LogP contribution in [-0.2, 0) is 0 Å². The van der Waals surface area contributed by atoms with Gasteiger partial charge in [-0.2, -0.15) is 0 Å². The molecular formula is C11H19. The molecule has 0 bridgehead atoms. The molecule has 1 radical (unpaired) electrons. The van der Waals surface area contributed by atoms with Crippen LogP contribution in [0.15, 0.2) is 12.2 Å². The average Bonchev–Trinajstić information content (AvgIpc) is 2.30. The molecule has 0 nitrogen and oxygen atoms in total. The van der Waals surface area contributed by atoms with Crippen molar-refractivity contribution in [2.24, 2.45) is 11.8 Å². The molecule has 0 heteroatoms. The minimum absolute atomic E-state index is 0.690. The maximum Gasteiger partial charge on any atom is -0.0348 e. The van der Waals surface area contributed by atoms with Gasteiger partial charge >= 0.3 is 0 Å². The van der Waals surface area contributed by atoms with E-state index in [0.29, 0.717) is 5.92 Å². The number of hydrogen-bond acceptors (Lipinski definition) is 0. The van der Waals surface area contributed by atoms with Gasteiger partial charge in [0, 0.05) is 0 Å². The summed E-state index contributed by atoms with van der Waals surface area (Å²) in [5, 5.41) is 0. The summed E-state index contributed by atoms with van der Waals surface area (Å²) in [6, 6.07) is 0. The predicted octanol–water partition coefficient (Wildman–Crippen LogP) is 3.59. The molecule has 0 fully saturated rings. The van der Waals surface area contributed by atoms with Gasteiger partial charge in [0.15, 0.2) is 0 Å².